The van der Waals surface area contributed by atoms with Gasteiger partial charge < -0.3 is 39.1 Å². The Morgan fingerprint density at radius 2 is 1.18 bits per heavy atom. The highest BCUT2D eigenvalue weighted by atomic mass is 127. The molecular formula is C13H30INO2. The van der Waals surface area contributed by atoms with E-state index in [-0.39, 0.29) is 37.2 Å². The van der Waals surface area contributed by atoms with Crippen molar-refractivity contribution in [2.75, 3.05) is 32.8 Å². The quantitative estimate of drug-likeness (QED) is 0.269. The van der Waals surface area contributed by atoms with Crippen molar-refractivity contribution >= 4 is 0 Å². The molecule has 0 aromatic heterocycles. The Hall–Kier alpha value is 0.610. The molecule has 0 aromatic rings. The van der Waals surface area contributed by atoms with Gasteiger partial charge in [0.1, 0.15) is 13.1 Å². The average molecular weight is 359 g/mol. The number of quaternary nitrogens is 1. The molecule has 3 nitrogen and oxygen atoms in total. The molecule has 0 aromatic carbocycles. The Morgan fingerprint density at radius 3 is 1.65 bits per heavy atom. The molecule has 0 spiro atoms. The van der Waals surface area contributed by atoms with Crippen LogP contribution in [0.25, 0.3) is 0 Å². The van der Waals surface area contributed by atoms with Gasteiger partial charge in [0.15, 0.2) is 0 Å². The molecule has 0 aliphatic rings. The largest absolute Gasteiger partial charge is 1.00 e. The van der Waals surface area contributed by atoms with Gasteiger partial charge in [-0.1, -0.05) is 39.0 Å². The Balaban J connectivity index is 0. The van der Waals surface area contributed by atoms with Crippen molar-refractivity contribution in [3.8, 4) is 0 Å². The van der Waals surface area contributed by atoms with E-state index < -0.39 is 0 Å². The third-order valence-electron chi connectivity index (χ3n) is 3.06. The molecule has 0 saturated heterocycles. The van der Waals surface area contributed by atoms with E-state index in [1.165, 1.54) is 49.8 Å². The molecule has 17 heavy (non-hydrogen) atoms. The van der Waals surface area contributed by atoms with Crippen LogP contribution in [0.4, 0.5) is 0 Å². The van der Waals surface area contributed by atoms with Crippen LogP contribution in [0, 0.1) is 0 Å². The van der Waals surface area contributed by atoms with Crippen LogP contribution in [-0.4, -0.2) is 43.1 Å². The number of hydrogen-bond donors (Lipinski definition) is 3. The molecule has 0 radical (unpaired) electrons. The summed E-state index contributed by atoms with van der Waals surface area (Å²) in [4.78, 5) is 1.33. The number of rotatable bonds is 12. The van der Waals surface area contributed by atoms with Crippen LogP contribution in [0.15, 0.2) is 0 Å². The molecule has 4 heteroatoms. The van der Waals surface area contributed by atoms with Gasteiger partial charge in [-0.3, -0.25) is 0 Å². The second kappa shape index (κ2) is 16.6. The van der Waals surface area contributed by atoms with Gasteiger partial charge >= 0.3 is 0 Å². The summed E-state index contributed by atoms with van der Waals surface area (Å²) in [6.07, 6.45) is 9.28. The minimum absolute atomic E-state index is 0. The van der Waals surface area contributed by atoms with Gasteiger partial charge in [-0.25, -0.2) is 0 Å². The lowest BCUT2D eigenvalue weighted by Gasteiger charge is -2.17. The lowest BCUT2D eigenvalue weighted by molar-refractivity contribution is -0.901. The Labute approximate surface area is 124 Å². The normalized spacial score (nSPS) is 10.6. The summed E-state index contributed by atoms with van der Waals surface area (Å²) in [6.45, 7) is 5.34. The summed E-state index contributed by atoms with van der Waals surface area (Å²) < 4.78 is 0. The second-order valence-electron chi connectivity index (χ2n) is 4.57. The molecule has 0 unspecified atom stereocenters. The molecule has 3 N–H and O–H groups in total. The Morgan fingerprint density at radius 1 is 0.706 bits per heavy atom. The van der Waals surface area contributed by atoms with E-state index in [0.717, 1.165) is 19.6 Å². The van der Waals surface area contributed by atoms with Gasteiger partial charge in [0, 0.05) is 0 Å². The third-order valence-corrected chi connectivity index (χ3v) is 3.06. The van der Waals surface area contributed by atoms with Gasteiger partial charge in [0.2, 0.25) is 0 Å². The first-order valence-corrected chi connectivity index (χ1v) is 6.90. The summed E-state index contributed by atoms with van der Waals surface area (Å²) in [5.41, 5.74) is 0. The smallest absolute Gasteiger partial charge is 0.101 e. The Kier molecular flexibility index (Phi) is 19.5. The minimum atomic E-state index is 0. The maximum atomic E-state index is 8.86. The van der Waals surface area contributed by atoms with E-state index in [1.807, 2.05) is 0 Å². The van der Waals surface area contributed by atoms with Crippen molar-refractivity contribution in [3.05, 3.63) is 0 Å². The van der Waals surface area contributed by atoms with Crippen molar-refractivity contribution in [1.29, 1.82) is 0 Å². The van der Waals surface area contributed by atoms with Gasteiger partial charge in [0.25, 0.3) is 0 Å². The highest BCUT2D eigenvalue weighted by molar-refractivity contribution is 4.44. The second-order valence-corrected chi connectivity index (χ2v) is 4.57. The number of aliphatic hydroxyl groups excluding tert-OH is 2. The van der Waals surface area contributed by atoms with Crippen molar-refractivity contribution in [2.45, 2.75) is 51.9 Å². The summed E-state index contributed by atoms with van der Waals surface area (Å²) in [5, 5.41) is 17.7. The lowest BCUT2D eigenvalue weighted by Crippen LogP contribution is -3.13. The van der Waals surface area contributed by atoms with Gasteiger partial charge in [0.05, 0.1) is 19.8 Å². The van der Waals surface area contributed by atoms with Crippen LogP contribution in [0.3, 0.4) is 0 Å². The summed E-state index contributed by atoms with van der Waals surface area (Å²) in [6, 6.07) is 0. The van der Waals surface area contributed by atoms with Crippen molar-refractivity contribution in [3.63, 3.8) is 0 Å². The molecule has 0 amide bonds. The fourth-order valence-electron chi connectivity index (χ4n) is 2.02. The lowest BCUT2D eigenvalue weighted by atomic mass is 10.1. The van der Waals surface area contributed by atoms with Crippen LogP contribution in [0.5, 0.6) is 0 Å². The van der Waals surface area contributed by atoms with E-state index in [9.17, 15) is 0 Å². The molecular weight excluding hydrogens is 329 g/mol. The summed E-state index contributed by atoms with van der Waals surface area (Å²) >= 11 is 0. The molecule has 0 aliphatic carbocycles. The minimum Gasteiger partial charge on any atom is -1.00 e. The van der Waals surface area contributed by atoms with Gasteiger partial charge in [-0.2, -0.15) is 0 Å². The van der Waals surface area contributed by atoms with Crippen LogP contribution in [0.1, 0.15) is 51.9 Å². The molecule has 106 valence electrons. The zero-order valence-corrected chi connectivity index (χ0v) is 13.4. The van der Waals surface area contributed by atoms with Crippen molar-refractivity contribution < 1.29 is 39.1 Å². The maximum absolute atomic E-state index is 8.86. The van der Waals surface area contributed by atoms with E-state index in [0.29, 0.717) is 0 Å². The first-order valence-electron chi connectivity index (χ1n) is 6.90. The molecule has 0 atom stereocenters. The van der Waals surface area contributed by atoms with Gasteiger partial charge in [-0.05, 0) is 12.8 Å². The van der Waals surface area contributed by atoms with Crippen LogP contribution in [0.2, 0.25) is 0 Å². The first kappa shape index (κ1) is 19.9. The Bertz CT molecular complexity index is 131. The number of nitrogens with one attached hydrogen (secondary N) is 1. The number of unbranched alkanes of at least 4 members (excludes halogenated alkanes) is 6. The van der Waals surface area contributed by atoms with E-state index >= 15 is 0 Å². The zero-order chi connectivity index (χ0) is 12.1. The molecule has 0 fully saturated rings. The fourth-order valence-corrected chi connectivity index (χ4v) is 2.02. The molecule has 0 bridgehead atoms. The standard InChI is InChI=1S/C13H29NO2.HI/c1-2-3-4-5-6-7-8-9-14(10-12-15)11-13-16;/h15-16H,2-13H2,1H3;1H. The summed E-state index contributed by atoms with van der Waals surface area (Å²) in [7, 11) is 0. The van der Waals surface area contributed by atoms with E-state index in [4.69, 9.17) is 10.2 Å². The topological polar surface area (TPSA) is 44.9 Å². The monoisotopic (exact) mass is 359 g/mol. The SMILES string of the molecule is CCCCCCCCC[NH+](CCO)CCO.[I-]. The summed E-state index contributed by atoms with van der Waals surface area (Å²) in [5.74, 6) is 0. The maximum Gasteiger partial charge on any atom is 0.101 e. The predicted octanol–water partition coefficient (Wildman–Crippen LogP) is -2.39. The number of halogens is 1. The van der Waals surface area contributed by atoms with Crippen molar-refractivity contribution in [1.82, 2.24) is 0 Å². The highest BCUT2D eigenvalue weighted by Gasteiger charge is 2.05. The fraction of sp³-hybridized carbons (Fsp3) is 1.00. The third kappa shape index (κ3) is 14.6. The van der Waals surface area contributed by atoms with Crippen LogP contribution in [-0.2, 0) is 0 Å². The van der Waals surface area contributed by atoms with Gasteiger partial charge in [-0.15, -0.1) is 0 Å². The number of aliphatic hydroxyl groups is 2. The molecule has 0 saturated carbocycles. The molecule has 0 rings (SSSR count). The number of hydrogen-bond acceptors (Lipinski definition) is 2. The van der Waals surface area contributed by atoms with E-state index in [1.54, 1.807) is 0 Å². The average Bonchev–Trinajstić information content (AvgIpc) is 2.28. The predicted molar refractivity (Wildman–Crippen MR) is 67.7 cm³/mol. The van der Waals surface area contributed by atoms with Crippen LogP contribution >= 0.6 is 0 Å². The molecule has 0 heterocycles. The highest BCUT2D eigenvalue weighted by Crippen LogP contribution is 2.05. The first-order chi connectivity index (χ1) is 7.85. The van der Waals surface area contributed by atoms with E-state index in [2.05, 4.69) is 6.92 Å². The van der Waals surface area contributed by atoms with Crippen LogP contribution < -0.4 is 28.9 Å². The zero-order valence-electron chi connectivity index (χ0n) is 11.3. The van der Waals surface area contributed by atoms with Crippen molar-refractivity contribution in [2.24, 2.45) is 0 Å². The molecule has 0 aliphatic heterocycles.